The number of aryl methyl sites for hydroxylation is 1. The fraction of sp³-hybridized carbons (Fsp3) is 0.524. The number of hydrogen-bond acceptors (Lipinski definition) is 9. The molecule has 4 rings (SSSR count). The summed E-state index contributed by atoms with van der Waals surface area (Å²) in [5, 5.41) is 0. The van der Waals surface area contributed by atoms with Gasteiger partial charge in [0.1, 0.15) is 5.82 Å². The lowest BCUT2D eigenvalue weighted by Gasteiger charge is -2.35. The summed E-state index contributed by atoms with van der Waals surface area (Å²) in [4.78, 5) is 13.8. The average Bonchev–Trinajstić information content (AvgIpc) is 2.83. The molecule has 2 fully saturated rings. The summed E-state index contributed by atoms with van der Waals surface area (Å²) in [7, 11) is -0.647. The Balaban J connectivity index is 1.48. The van der Waals surface area contributed by atoms with Crippen LogP contribution in [-0.4, -0.2) is 89.4 Å². The Bertz CT molecular complexity index is 1050. The SMILES string of the molecule is COc1ccc(S(=O)(=O)N2CCN(c3nc(C)cc(N4CCOCC4)n3)CC2)cc1OC. The number of nitrogens with zero attached hydrogens (tertiary/aromatic N) is 5. The largest absolute Gasteiger partial charge is 0.493 e. The van der Waals surface area contributed by atoms with Gasteiger partial charge >= 0.3 is 0 Å². The van der Waals surface area contributed by atoms with E-state index in [-0.39, 0.29) is 4.90 Å². The predicted molar refractivity (Wildman–Crippen MR) is 120 cm³/mol. The van der Waals surface area contributed by atoms with E-state index in [2.05, 4.69) is 9.88 Å². The van der Waals surface area contributed by atoms with Crippen molar-refractivity contribution in [1.82, 2.24) is 14.3 Å². The number of hydrogen-bond donors (Lipinski definition) is 0. The maximum atomic E-state index is 13.2. The van der Waals surface area contributed by atoms with Crippen LogP contribution in [0.4, 0.5) is 11.8 Å². The first-order valence-corrected chi connectivity index (χ1v) is 12.0. The normalized spacial score (nSPS) is 18.0. The number of methoxy groups -OCH3 is 2. The van der Waals surface area contributed by atoms with Crippen LogP contribution >= 0.6 is 0 Å². The molecule has 2 aliphatic heterocycles. The van der Waals surface area contributed by atoms with Crippen molar-refractivity contribution in [2.45, 2.75) is 11.8 Å². The van der Waals surface area contributed by atoms with E-state index in [1.165, 1.54) is 24.6 Å². The van der Waals surface area contributed by atoms with Gasteiger partial charge in [0, 0.05) is 57.1 Å². The minimum Gasteiger partial charge on any atom is -0.493 e. The van der Waals surface area contributed by atoms with Crippen molar-refractivity contribution >= 4 is 21.8 Å². The number of morpholine rings is 1. The Labute approximate surface area is 188 Å². The summed E-state index contributed by atoms with van der Waals surface area (Å²) in [5.41, 5.74) is 0.886. The summed E-state index contributed by atoms with van der Waals surface area (Å²) in [6, 6.07) is 6.63. The molecule has 0 radical (unpaired) electrons. The molecule has 0 spiro atoms. The van der Waals surface area contributed by atoms with Gasteiger partial charge in [0.2, 0.25) is 16.0 Å². The van der Waals surface area contributed by atoms with Gasteiger partial charge in [-0.15, -0.1) is 0 Å². The fourth-order valence-electron chi connectivity index (χ4n) is 3.89. The molecule has 2 saturated heterocycles. The third-order valence-corrected chi connectivity index (χ3v) is 7.57. The molecular formula is C21H29N5O5S. The number of anilines is 2. The van der Waals surface area contributed by atoms with Crippen molar-refractivity contribution in [2.24, 2.45) is 0 Å². The van der Waals surface area contributed by atoms with Crippen molar-refractivity contribution in [2.75, 3.05) is 76.5 Å². The van der Waals surface area contributed by atoms with E-state index in [4.69, 9.17) is 19.2 Å². The van der Waals surface area contributed by atoms with Crippen LogP contribution in [0, 0.1) is 6.92 Å². The van der Waals surface area contributed by atoms with E-state index in [1.54, 1.807) is 12.1 Å². The van der Waals surface area contributed by atoms with Gasteiger partial charge in [0.15, 0.2) is 11.5 Å². The first-order valence-electron chi connectivity index (χ1n) is 10.6. The van der Waals surface area contributed by atoms with Crippen molar-refractivity contribution in [3.63, 3.8) is 0 Å². The molecule has 2 aliphatic rings. The summed E-state index contributed by atoms with van der Waals surface area (Å²) in [6.07, 6.45) is 0. The van der Waals surface area contributed by atoms with E-state index in [9.17, 15) is 8.42 Å². The highest BCUT2D eigenvalue weighted by Crippen LogP contribution is 2.31. The maximum Gasteiger partial charge on any atom is 0.243 e. The zero-order chi connectivity index (χ0) is 22.7. The summed E-state index contributed by atoms with van der Waals surface area (Å²) in [6.45, 7) is 6.64. The number of piperazine rings is 1. The number of ether oxygens (including phenoxy) is 3. The molecule has 32 heavy (non-hydrogen) atoms. The Morgan fingerprint density at radius 2 is 1.56 bits per heavy atom. The minimum atomic E-state index is -3.65. The van der Waals surface area contributed by atoms with Gasteiger partial charge in [-0.25, -0.2) is 13.4 Å². The molecule has 0 aliphatic carbocycles. The van der Waals surface area contributed by atoms with Crippen LogP contribution < -0.4 is 19.3 Å². The molecule has 11 heteroatoms. The van der Waals surface area contributed by atoms with Crippen LogP contribution in [0.1, 0.15) is 5.69 Å². The molecule has 0 amide bonds. The summed E-state index contributed by atoms with van der Waals surface area (Å²) in [5.74, 6) is 2.39. The highest BCUT2D eigenvalue weighted by molar-refractivity contribution is 7.89. The second-order valence-corrected chi connectivity index (χ2v) is 9.61. The van der Waals surface area contributed by atoms with Crippen molar-refractivity contribution in [3.8, 4) is 11.5 Å². The molecule has 3 heterocycles. The van der Waals surface area contributed by atoms with Crippen LogP contribution in [-0.2, 0) is 14.8 Å². The van der Waals surface area contributed by atoms with E-state index < -0.39 is 10.0 Å². The monoisotopic (exact) mass is 463 g/mol. The molecule has 0 atom stereocenters. The predicted octanol–water partition coefficient (Wildman–Crippen LogP) is 1.15. The van der Waals surface area contributed by atoms with Gasteiger partial charge in [-0.2, -0.15) is 9.29 Å². The van der Waals surface area contributed by atoms with Gasteiger partial charge in [-0.1, -0.05) is 0 Å². The first kappa shape index (κ1) is 22.6. The number of sulfonamides is 1. The smallest absolute Gasteiger partial charge is 0.243 e. The van der Waals surface area contributed by atoms with Crippen LogP contribution in [0.5, 0.6) is 11.5 Å². The van der Waals surface area contributed by atoms with E-state index >= 15 is 0 Å². The topological polar surface area (TPSA) is 97.3 Å². The molecule has 0 unspecified atom stereocenters. The van der Waals surface area contributed by atoms with Gasteiger partial charge < -0.3 is 24.0 Å². The zero-order valence-electron chi connectivity index (χ0n) is 18.7. The molecule has 2 aromatic rings. The zero-order valence-corrected chi connectivity index (χ0v) is 19.5. The van der Waals surface area contributed by atoms with Gasteiger partial charge in [0.25, 0.3) is 0 Å². The number of aromatic nitrogens is 2. The highest BCUT2D eigenvalue weighted by Gasteiger charge is 2.30. The number of benzene rings is 1. The van der Waals surface area contributed by atoms with Gasteiger partial charge in [0.05, 0.1) is 32.3 Å². The standard InChI is InChI=1S/C21H29N5O5S/c1-16-14-20(24-10-12-31-13-11-24)23-21(22-16)25-6-8-26(9-7-25)32(27,28)17-4-5-18(29-2)19(15-17)30-3/h4-5,14-15H,6-13H2,1-3H3. The highest BCUT2D eigenvalue weighted by atomic mass is 32.2. The van der Waals surface area contributed by atoms with Gasteiger partial charge in [-0.3, -0.25) is 0 Å². The molecular weight excluding hydrogens is 434 g/mol. The Hall–Kier alpha value is -2.63. The molecule has 10 nitrogen and oxygen atoms in total. The maximum absolute atomic E-state index is 13.2. The van der Waals surface area contributed by atoms with Crippen molar-refractivity contribution < 1.29 is 22.6 Å². The van der Waals surface area contributed by atoms with Crippen LogP contribution in [0.15, 0.2) is 29.2 Å². The Morgan fingerprint density at radius 1 is 0.875 bits per heavy atom. The second-order valence-electron chi connectivity index (χ2n) is 7.67. The molecule has 1 aromatic carbocycles. The van der Waals surface area contributed by atoms with Gasteiger partial charge in [-0.05, 0) is 19.1 Å². The lowest BCUT2D eigenvalue weighted by atomic mass is 10.3. The lowest BCUT2D eigenvalue weighted by molar-refractivity contribution is 0.122. The summed E-state index contributed by atoms with van der Waals surface area (Å²) >= 11 is 0. The molecule has 0 saturated carbocycles. The van der Waals surface area contributed by atoms with Crippen LogP contribution in [0.2, 0.25) is 0 Å². The first-order chi connectivity index (χ1) is 15.4. The lowest BCUT2D eigenvalue weighted by Crippen LogP contribution is -2.49. The minimum absolute atomic E-state index is 0.185. The quantitative estimate of drug-likeness (QED) is 0.625. The fourth-order valence-corrected chi connectivity index (χ4v) is 5.33. The van der Waals surface area contributed by atoms with Crippen LogP contribution in [0.25, 0.3) is 0 Å². The molecule has 0 bridgehead atoms. The summed E-state index contributed by atoms with van der Waals surface area (Å²) < 4.78 is 43.7. The van der Waals surface area contributed by atoms with E-state index in [1.807, 2.05) is 17.9 Å². The number of rotatable bonds is 6. The third-order valence-electron chi connectivity index (χ3n) is 5.68. The Morgan fingerprint density at radius 3 is 2.22 bits per heavy atom. The van der Waals surface area contributed by atoms with Crippen molar-refractivity contribution in [3.05, 3.63) is 30.0 Å². The average molecular weight is 464 g/mol. The molecule has 1 aromatic heterocycles. The molecule has 174 valence electrons. The van der Waals surface area contributed by atoms with E-state index in [0.29, 0.717) is 56.8 Å². The molecule has 0 N–H and O–H groups in total. The van der Waals surface area contributed by atoms with E-state index in [0.717, 1.165) is 24.6 Å². The second kappa shape index (κ2) is 9.47. The third kappa shape index (κ3) is 4.59. The van der Waals surface area contributed by atoms with Crippen molar-refractivity contribution in [1.29, 1.82) is 0 Å². The van der Waals surface area contributed by atoms with Crippen LogP contribution in [0.3, 0.4) is 0 Å². The Kier molecular flexibility index (Phi) is 6.68.